The average molecular weight is 397 g/mol. The Morgan fingerprint density at radius 1 is 1.25 bits per heavy atom. The van der Waals surface area contributed by atoms with Gasteiger partial charge in [-0.25, -0.2) is 4.79 Å². The molecule has 0 N–H and O–H groups in total. The molecule has 0 aromatic heterocycles. The van der Waals surface area contributed by atoms with Crippen LogP contribution in [0, 0.1) is 0 Å². The summed E-state index contributed by atoms with van der Waals surface area (Å²) in [6.45, 7) is 8.54. The molecule has 0 aromatic rings. The van der Waals surface area contributed by atoms with E-state index in [1.807, 2.05) is 20.8 Å². The summed E-state index contributed by atoms with van der Waals surface area (Å²) in [5.41, 5.74) is -0.447. The van der Waals surface area contributed by atoms with E-state index in [0.717, 1.165) is 26.1 Å². The second-order valence-corrected chi connectivity index (χ2v) is 7.99. The molecule has 20 heavy (non-hydrogen) atoms. The molecule has 0 aromatic carbocycles. The Labute approximate surface area is 134 Å². The van der Waals surface area contributed by atoms with Crippen molar-refractivity contribution in [2.75, 3.05) is 26.3 Å². The highest BCUT2D eigenvalue weighted by molar-refractivity contribution is 14.1. The van der Waals surface area contributed by atoms with E-state index < -0.39 is 5.60 Å². The van der Waals surface area contributed by atoms with Crippen molar-refractivity contribution >= 4 is 28.7 Å². The molecule has 2 aliphatic rings. The van der Waals surface area contributed by atoms with Gasteiger partial charge in [-0.1, -0.05) is 22.6 Å². The van der Waals surface area contributed by atoms with Gasteiger partial charge >= 0.3 is 6.09 Å². The average Bonchev–Trinajstić information content (AvgIpc) is 2.70. The lowest BCUT2D eigenvalue weighted by atomic mass is 10.1. The molecular formula is C14H24INO4. The smallest absolute Gasteiger partial charge is 0.410 e. The number of carbonyl (C=O) groups is 1. The molecule has 2 saturated heterocycles. The number of alkyl halides is 1. The first-order chi connectivity index (χ1) is 9.35. The van der Waals surface area contributed by atoms with Gasteiger partial charge in [0.05, 0.1) is 22.7 Å². The summed E-state index contributed by atoms with van der Waals surface area (Å²) < 4.78 is 17.2. The van der Waals surface area contributed by atoms with Crippen molar-refractivity contribution in [3.05, 3.63) is 0 Å². The van der Waals surface area contributed by atoms with Gasteiger partial charge in [0.15, 0.2) is 0 Å². The Bertz CT molecular complexity index is 339. The Hall–Kier alpha value is -0.0800. The maximum atomic E-state index is 12.1. The first kappa shape index (κ1) is 16.3. The van der Waals surface area contributed by atoms with Gasteiger partial charge in [-0.05, 0) is 33.6 Å². The predicted molar refractivity (Wildman–Crippen MR) is 84.3 cm³/mol. The second-order valence-electron chi connectivity index (χ2n) is 6.39. The monoisotopic (exact) mass is 397 g/mol. The second kappa shape index (κ2) is 6.79. The van der Waals surface area contributed by atoms with E-state index in [0.29, 0.717) is 17.0 Å². The molecule has 2 fully saturated rings. The Morgan fingerprint density at radius 2 is 1.90 bits per heavy atom. The maximum absolute atomic E-state index is 12.1. The molecule has 0 radical (unpaired) electrons. The summed E-state index contributed by atoms with van der Waals surface area (Å²) in [4.78, 5) is 13.8. The zero-order valence-electron chi connectivity index (χ0n) is 12.4. The lowest BCUT2D eigenvalue weighted by molar-refractivity contribution is -0.0622. The third-order valence-corrected chi connectivity index (χ3v) is 4.58. The van der Waals surface area contributed by atoms with Crippen LogP contribution < -0.4 is 0 Å². The van der Waals surface area contributed by atoms with Crippen LogP contribution in [0.4, 0.5) is 4.79 Å². The van der Waals surface area contributed by atoms with Crippen LogP contribution in [-0.4, -0.2) is 59.0 Å². The molecule has 2 unspecified atom stereocenters. The maximum Gasteiger partial charge on any atom is 0.410 e. The van der Waals surface area contributed by atoms with Crippen LogP contribution in [0.1, 0.15) is 33.6 Å². The third-order valence-electron chi connectivity index (χ3n) is 3.39. The number of rotatable bonds is 2. The van der Waals surface area contributed by atoms with Gasteiger partial charge in [0, 0.05) is 19.8 Å². The predicted octanol–water partition coefficient (Wildman–Crippen LogP) is 2.60. The number of nitrogens with zero attached hydrogens (tertiary/aromatic N) is 1. The van der Waals surface area contributed by atoms with Gasteiger partial charge in [0.1, 0.15) is 5.60 Å². The molecule has 0 aliphatic carbocycles. The van der Waals surface area contributed by atoms with Crippen LogP contribution in [0.25, 0.3) is 0 Å². The van der Waals surface area contributed by atoms with Gasteiger partial charge in [-0.15, -0.1) is 0 Å². The lowest BCUT2D eigenvalue weighted by Gasteiger charge is -2.27. The van der Waals surface area contributed by atoms with Crippen LogP contribution in [0.5, 0.6) is 0 Å². The molecule has 2 heterocycles. The van der Waals surface area contributed by atoms with Crippen molar-refractivity contribution in [2.24, 2.45) is 0 Å². The van der Waals surface area contributed by atoms with Crippen molar-refractivity contribution in [3.63, 3.8) is 0 Å². The van der Waals surface area contributed by atoms with E-state index in [2.05, 4.69) is 22.6 Å². The van der Waals surface area contributed by atoms with Gasteiger partial charge in [0.25, 0.3) is 0 Å². The molecular weight excluding hydrogens is 373 g/mol. The Kier molecular flexibility index (Phi) is 5.53. The number of hydrogen-bond donors (Lipinski definition) is 0. The number of amides is 1. The number of carbonyl (C=O) groups excluding carboxylic acids is 1. The van der Waals surface area contributed by atoms with Crippen LogP contribution in [0.3, 0.4) is 0 Å². The normalized spacial score (nSPS) is 28.7. The standard InChI is InChI=1S/C14H24INO4/c1-14(2,3)20-13(17)16-8-11(15)12(9-16)19-10-4-6-18-7-5-10/h10-12H,4-9H2,1-3H3. The zero-order valence-corrected chi connectivity index (χ0v) is 14.6. The van der Waals surface area contributed by atoms with E-state index in [1.165, 1.54) is 0 Å². The summed E-state index contributed by atoms with van der Waals surface area (Å²) in [6.07, 6.45) is 2.03. The van der Waals surface area contributed by atoms with E-state index in [-0.39, 0.29) is 18.3 Å². The molecule has 2 atom stereocenters. The lowest BCUT2D eigenvalue weighted by Crippen LogP contribution is -2.37. The molecule has 116 valence electrons. The van der Waals surface area contributed by atoms with Crippen molar-refractivity contribution in [2.45, 2.75) is 55.3 Å². The summed E-state index contributed by atoms with van der Waals surface area (Å²) in [7, 11) is 0. The van der Waals surface area contributed by atoms with Crippen LogP contribution in [0.15, 0.2) is 0 Å². The SMILES string of the molecule is CC(C)(C)OC(=O)N1CC(I)C(OC2CCOCC2)C1. The Balaban J connectivity index is 1.83. The number of ether oxygens (including phenoxy) is 3. The van der Waals surface area contributed by atoms with Gasteiger partial charge in [-0.3, -0.25) is 0 Å². The summed E-state index contributed by atoms with van der Waals surface area (Å²) in [5.74, 6) is 0. The molecule has 1 amide bonds. The largest absolute Gasteiger partial charge is 0.444 e. The molecule has 5 nitrogen and oxygen atoms in total. The number of halogens is 1. The fourth-order valence-electron chi connectivity index (χ4n) is 2.40. The topological polar surface area (TPSA) is 48.0 Å². The fourth-order valence-corrected chi connectivity index (χ4v) is 3.27. The van der Waals surface area contributed by atoms with Gasteiger partial charge in [-0.2, -0.15) is 0 Å². The van der Waals surface area contributed by atoms with Crippen LogP contribution in [-0.2, 0) is 14.2 Å². The quantitative estimate of drug-likeness (QED) is 0.531. The fraction of sp³-hybridized carbons (Fsp3) is 0.929. The molecule has 6 heteroatoms. The minimum Gasteiger partial charge on any atom is -0.444 e. The highest BCUT2D eigenvalue weighted by Gasteiger charge is 2.37. The van der Waals surface area contributed by atoms with Crippen LogP contribution >= 0.6 is 22.6 Å². The van der Waals surface area contributed by atoms with E-state index in [1.54, 1.807) is 4.90 Å². The van der Waals surface area contributed by atoms with Crippen molar-refractivity contribution in [1.29, 1.82) is 0 Å². The van der Waals surface area contributed by atoms with E-state index >= 15 is 0 Å². The first-order valence-electron chi connectivity index (χ1n) is 7.20. The van der Waals surface area contributed by atoms with E-state index in [9.17, 15) is 4.79 Å². The number of likely N-dealkylation sites (tertiary alicyclic amines) is 1. The molecule has 2 rings (SSSR count). The highest BCUT2D eigenvalue weighted by Crippen LogP contribution is 2.26. The minimum absolute atomic E-state index is 0.103. The molecule has 0 bridgehead atoms. The first-order valence-corrected chi connectivity index (χ1v) is 8.45. The van der Waals surface area contributed by atoms with Crippen molar-refractivity contribution in [1.82, 2.24) is 4.90 Å². The summed E-state index contributed by atoms with van der Waals surface area (Å²) in [6, 6.07) is 0. The summed E-state index contributed by atoms with van der Waals surface area (Å²) in [5, 5.41) is 0. The van der Waals surface area contributed by atoms with Gasteiger partial charge < -0.3 is 19.1 Å². The third kappa shape index (κ3) is 4.73. The molecule has 0 spiro atoms. The zero-order chi connectivity index (χ0) is 14.8. The summed E-state index contributed by atoms with van der Waals surface area (Å²) >= 11 is 2.37. The van der Waals surface area contributed by atoms with Crippen molar-refractivity contribution < 1.29 is 19.0 Å². The van der Waals surface area contributed by atoms with Crippen molar-refractivity contribution in [3.8, 4) is 0 Å². The van der Waals surface area contributed by atoms with E-state index in [4.69, 9.17) is 14.2 Å². The Morgan fingerprint density at radius 3 is 2.50 bits per heavy atom. The molecule has 2 aliphatic heterocycles. The highest BCUT2D eigenvalue weighted by atomic mass is 127. The number of hydrogen-bond acceptors (Lipinski definition) is 4. The van der Waals surface area contributed by atoms with Crippen LogP contribution in [0.2, 0.25) is 0 Å². The van der Waals surface area contributed by atoms with Gasteiger partial charge in [0.2, 0.25) is 0 Å². The molecule has 0 saturated carbocycles. The minimum atomic E-state index is -0.447.